The van der Waals surface area contributed by atoms with Gasteiger partial charge in [-0.1, -0.05) is 12.1 Å². The van der Waals surface area contributed by atoms with Crippen LogP contribution >= 0.6 is 0 Å². The van der Waals surface area contributed by atoms with E-state index in [1.807, 2.05) is 12.1 Å². The lowest BCUT2D eigenvalue weighted by molar-refractivity contribution is -0.134. The summed E-state index contributed by atoms with van der Waals surface area (Å²) in [6.45, 7) is 4.49. The lowest BCUT2D eigenvalue weighted by Gasteiger charge is -2.48. The van der Waals surface area contributed by atoms with Gasteiger partial charge in [0.25, 0.3) is 0 Å². The van der Waals surface area contributed by atoms with Crippen LogP contribution in [0.5, 0.6) is 0 Å². The Morgan fingerprint density at radius 1 is 1.08 bits per heavy atom. The van der Waals surface area contributed by atoms with Gasteiger partial charge in [0, 0.05) is 56.4 Å². The monoisotopic (exact) mass is 340 g/mol. The second-order valence-corrected chi connectivity index (χ2v) is 7.76. The molecule has 1 unspecified atom stereocenters. The fourth-order valence-electron chi connectivity index (χ4n) is 4.57. The van der Waals surface area contributed by atoms with Gasteiger partial charge in [-0.15, -0.1) is 0 Å². The molecule has 1 aromatic carbocycles. The first-order valence-corrected chi connectivity index (χ1v) is 9.37. The molecule has 0 bridgehead atoms. The second kappa shape index (κ2) is 5.81. The number of piperazine rings is 1. The van der Waals surface area contributed by atoms with Crippen LogP contribution in [0, 0.1) is 0 Å². The fraction of sp³-hybridized carbons (Fsp3) is 0.579. The SMILES string of the molecule is O=C1CCC(c2ccc(N3CC(N4CCN[C@@H]5C[C@@H]54)C3)cc2)C(=O)N1. The van der Waals surface area contributed by atoms with Crippen molar-refractivity contribution < 1.29 is 9.59 Å². The van der Waals surface area contributed by atoms with Crippen molar-refractivity contribution in [3.8, 4) is 0 Å². The molecule has 6 heteroatoms. The van der Waals surface area contributed by atoms with Crippen LogP contribution in [-0.4, -0.2) is 61.0 Å². The van der Waals surface area contributed by atoms with E-state index in [9.17, 15) is 9.59 Å². The van der Waals surface area contributed by atoms with Gasteiger partial charge in [0.1, 0.15) is 0 Å². The minimum atomic E-state index is -0.191. The predicted molar refractivity (Wildman–Crippen MR) is 94.5 cm³/mol. The summed E-state index contributed by atoms with van der Waals surface area (Å²) in [5.41, 5.74) is 2.24. The molecular weight excluding hydrogens is 316 g/mol. The molecular formula is C19H24N4O2. The quantitative estimate of drug-likeness (QED) is 0.782. The number of hydrogen-bond acceptors (Lipinski definition) is 5. The highest BCUT2D eigenvalue weighted by molar-refractivity contribution is 6.00. The molecule has 5 rings (SSSR count). The molecule has 3 aliphatic heterocycles. The molecule has 0 radical (unpaired) electrons. The largest absolute Gasteiger partial charge is 0.368 e. The Bertz CT molecular complexity index is 698. The summed E-state index contributed by atoms with van der Waals surface area (Å²) in [6.07, 6.45) is 2.36. The molecule has 0 aromatic heterocycles. The predicted octanol–water partition coefficient (Wildman–Crippen LogP) is 0.442. The Balaban J connectivity index is 1.20. The van der Waals surface area contributed by atoms with E-state index in [-0.39, 0.29) is 17.7 Å². The summed E-state index contributed by atoms with van der Waals surface area (Å²) in [5, 5.41) is 6.01. The maximum Gasteiger partial charge on any atom is 0.234 e. The van der Waals surface area contributed by atoms with Crippen LogP contribution in [0.25, 0.3) is 0 Å². The maximum absolute atomic E-state index is 12.0. The second-order valence-electron chi connectivity index (χ2n) is 7.76. The smallest absolute Gasteiger partial charge is 0.234 e. The first-order chi connectivity index (χ1) is 12.2. The standard InChI is InChI=1S/C19H24N4O2/c24-18-6-5-15(19(25)21-18)12-1-3-13(4-2-12)22-10-14(11-22)23-8-7-20-16-9-17(16)23/h1-4,14-17,20H,5-11H2,(H,21,24,25)/t15?,16-,17+/m1/s1. The highest BCUT2D eigenvalue weighted by Gasteiger charge is 2.48. The molecule has 3 heterocycles. The van der Waals surface area contributed by atoms with Crippen LogP contribution in [0.1, 0.15) is 30.7 Å². The van der Waals surface area contributed by atoms with E-state index in [0.29, 0.717) is 18.9 Å². The van der Waals surface area contributed by atoms with Crippen LogP contribution in [0.2, 0.25) is 0 Å². The van der Waals surface area contributed by atoms with E-state index in [2.05, 4.69) is 32.6 Å². The Morgan fingerprint density at radius 2 is 1.88 bits per heavy atom. The summed E-state index contributed by atoms with van der Waals surface area (Å²) in [6, 6.07) is 10.5. The lowest BCUT2D eigenvalue weighted by atomic mass is 9.90. The van der Waals surface area contributed by atoms with E-state index in [1.165, 1.54) is 18.7 Å². The van der Waals surface area contributed by atoms with Crippen molar-refractivity contribution in [1.82, 2.24) is 15.5 Å². The highest BCUT2D eigenvalue weighted by atomic mass is 16.2. The zero-order valence-electron chi connectivity index (χ0n) is 14.3. The number of anilines is 1. The van der Waals surface area contributed by atoms with Crippen molar-refractivity contribution in [2.75, 3.05) is 31.1 Å². The average Bonchev–Trinajstić information content (AvgIpc) is 3.35. The fourth-order valence-corrected chi connectivity index (χ4v) is 4.57. The summed E-state index contributed by atoms with van der Waals surface area (Å²) in [5.74, 6) is -0.510. The van der Waals surface area contributed by atoms with Gasteiger partial charge in [-0.3, -0.25) is 19.8 Å². The van der Waals surface area contributed by atoms with E-state index in [0.717, 1.165) is 37.3 Å². The Hall–Kier alpha value is -1.92. The zero-order valence-corrected chi connectivity index (χ0v) is 14.3. The number of imide groups is 1. The normalized spacial score (nSPS) is 32.8. The molecule has 25 heavy (non-hydrogen) atoms. The van der Waals surface area contributed by atoms with Gasteiger partial charge < -0.3 is 10.2 Å². The average molecular weight is 340 g/mol. The summed E-state index contributed by atoms with van der Waals surface area (Å²) < 4.78 is 0. The summed E-state index contributed by atoms with van der Waals surface area (Å²) in [7, 11) is 0. The number of carbonyl (C=O) groups excluding carboxylic acids is 2. The molecule has 1 aliphatic carbocycles. The minimum Gasteiger partial charge on any atom is -0.368 e. The zero-order chi connectivity index (χ0) is 17.0. The van der Waals surface area contributed by atoms with E-state index >= 15 is 0 Å². The Morgan fingerprint density at radius 3 is 2.64 bits per heavy atom. The summed E-state index contributed by atoms with van der Waals surface area (Å²) >= 11 is 0. The van der Waals surface area contributed by atoms with Crippen molar-refractivity contribution in [2.24, 2.45) is 0 Å². The molecule has 132 valence electrons. The topological polar surface area (TPSA) is 64.7 Å². The van der Waals surface area contributed by atoms with Crippen LogP contribution in [-0.2, 0) is 9.59 Å². The molecule has 2 amide bonds. The van der Waals surface area contributed by atoms with Crippen molar-refractivity contribution in [1.29, 1.82) is 0 Å². The van der Waals surface area contributed by atoms with Gasteiger partial charge in [0.2, 0.25) is 11.8 Å². The van der Waals surface area contributed by atoms with Gasteiger partial charge in [0.15, 0.2) is 0 Å². The molecule has 6 nitrogen and oxygen atoms in total. The number of nitrogens with zero attached hydrogens (tertiary/aromatic N) is 2. The number of benzene rings is 1. The molecule has 0 spiro atoms. The van der Waals surface area contributed by atoms with Crippen molar-refractivity contribution in [2.45, 2.75) is 43.3 Å². The molecule has 4 fully saturated rings. The maximum atomic E-state index is 12.0. The highest BCUT2D eigenvalue weighted by Crippen LogP contribution is 2.35. The van der Waals surface area contributed by atoms with Crippen LogP contribution in [0.4, 0.5) is 5.69 Å². The van der Waals surface area contributed by atoms with Crippen molar-refractivity contribution in [3.05, 3.63) is 29.8 Å². The summed E-state index contributed by atoms with van der Waals surface area (Å²) in [4.78, 5) is 28.4. The molecule has 3 atom stereocenters. The molecule has 4 aliphatic rings. The van der Waals surface area contributed by atoms with Crippen LogP contribution in [0.3, 0.4) is 0 Å². The van der Waals surface area contributed by atoms with E-state index < -0.39 is 0 Å². The number of nitrogens with one attached hydrogen (secondary N) is 2. The molecule has 1 aromatic rings. The third-order valence-electron chi connectivity index (χ3n) is 6.19. The Kier molecular flexibility index (Phi) is 3.57. The first-order valence-electron chi connectivity index (χ1n) is 9.37. The van der Waals surface area contributed by atoms with Gasteiger partial charge in [-0.25, -0.2) is 0 Å². The molecule has 1 saturated carbocycles. The minimum absolute atomic E-state index is 0.157. The van der Waals surface area contributed by atoms with Crippen LogP contribution < -0.4 is 15.5 Å². The van der Waals surface area contributed by atoms with Crippen molar-refractivity contribution >= 4 is 17.5 Å². The molecule has 2 N–H and O–H groups in total. The third kappa shape index (κ3) is 2.73. The number of carbonyl (C=O) groups is 2. The lowest BCUT2D eigenvalue weighted by Crippen LogP contribution is -2.63. The van der Waals surface area contributed by atoms with Gasteiger partial charge >= 0.3 is 0 Å². The van der Waals surface area contributed by atoms with Gasteiger partial charge in [-0.05, 0) is 30.5 Å². The number of piperidine rings is 1. The Labute approximate surface area is 147 Å². The number of rotatable bonds is 3. The molecule has 3 saturated heterocycles. The first kappa shape index (κ1) is 15.3. The van der Waals surface area contributed by atoms with Gasteiger partial charge in [0.05, 0.1) is 5.92 Å². The number of amides is 2. The van der Waals surface area contributed by atoms with Gasteiger partial charge in [-0.2, -0.15) is 0 Å². The van der Waals surface area contributed by atoms with Crippen LogP contribution in [0.15, 0.2) is 24.3 Å². The number of hydrogen-bond donors (Lipinski definition) is 2. The number of fused-ring (bicyclic) bond motifs is 1. The van der Waals surface area contributed by atoms with E-state index in [4.69, 9.17) is 0 Å². The van der Waals surface area contributed by atoms with E-state index in [1.54, 1.807) is 0 Å². The van der Waals surface area contributed by atoms with Crippen molar-refractivity contribution in [3.63, 3.8) is 0 Å². The third-order valence-corrected chi connectivity index (χ3v) is 6.19.